The first kappa shape index (κ1) is 21.3. The van der Waals surface area contributed by atoms with Crippen LogP contribution in [0.1, 0.15) is 24.0 Å². The Hall–Kier alpha value is -2.94. The molecule has 2 amide bonds. The van der Waals surface area contributed by atoms with Crippen LogP contribution in [0.5, 0.6) is 5.88 Å². The van der Waals surface area contributed by atoms with Crippen molar-refractivity contribution in [2.24, 2.45) is 5.92 Å². The molecule has 0 radical (unpaired) electrons. The maximum atomic E-state index is 12.7. The molecule has 1 aromatic carbocycles. The minimum absolute atomic E-state index is 0.00905. The van der Waals surface area contributed by atoms with Gasteiger partial charge in [-0.05, 0) is 18.1 Å². The van der Waals surface area contributed by atoms with Crippen LogP contribution < -0.4 is 10.1 Å². The molecule has 1 aromatic heterocycles. The van der Waals surface area contributed by atoms with E-state index in [1.807, 2.05) is 36.4 Å². The Kier molecular flexibility index (Phi) is 6.22. The van der Waals surface area contributed by atoms with E-state index in [2.05, 4.69) is 10.3 Å². The van der Waals surface area contributed by atoms with Crippen molar-refractivity contribution < 1.29 is 22.7 Å². The number of pyridine rings is 1. The summed E-state index contributed by atoms with van der Waals surface area (Å²) < 4.78 is 29.3. The van der Waals surface area contributed by atoms with Crippen LogP contribution in [0.15, 0.2) is 48.7 Å². The molecule has 3 heterocycles. The van der Waals surface area contributed by atoms with E-state index in [1.54, 1.807) is 17.2 Å². The molecule has 0 spiro atoms. The average Bonchev–Trinajstić information content (AvgIpc) is 3.33. The highest BCUT2D eigenvalue weighted by Crippen LogP contribution is 2.26. The Balaban J connectivity index is 1.32. The van der Waals surface area contributed by atoms with Crippen LogP contribution in [0.3, 0.4) is 0 Å². The lowest BCUT2D eigenvalue weighted by Gasteiger charge is -2.23. The van der Waals surface area contributed by atoms with Crippen molar-refractivity contribution in [3.8, 4) is 5.88 Å². The smallest absolute Gasteiger partial charge is 0.225 e. The number of rotatable bonds is 7. The summed E-state index contributed by atoms with van der Waals surface area (Å²) in [5.74, 6) is -0.325. The Morgan fingerprint density at radius 1 is 1.19 bits per heavy atom. The Bertz CT molecular complexity index is 1060. The van der Waals surface area contributed by atoms with Gasteiger partial charge >= 0.3 is 0 Å². The number of hydrogen-bond acceptors (Lipinski definition) is 6. The normalized spacial score (nSPS) is 22.5. The molecule has 0 saturated carbocycles. The van der Waals surface area contributed by atoms with E-state index in [0.29, 0.717) is 18.9 Å². The molecule has 1 N–H and O–H groups in total. The zero-order valence-corrected chi connectivity index (χ0v) is 17.9. The standard InChI is InChI=1S/C22H25N3O5S/c26-20-11-18(13-25(20)19-8-10-31(28,29)15-19)21(27)24-12-17-7-4-9-23-22(17)30-14-16-5-2-1-3-6-16/h1-7,9,18-19H,8,10-15H2,(H,24,27)/t18-,19+/m0/s1. The summed E-state index contributed by atoms with van der Waals surface area (Å²) >= 11 is 0. The molecule has 2 aromatic rings. The molecule has 2 fully saturated rings. The number of amides is 2. The summed E-state index contributed by atoms with van der Waals surface area (Å²) in [5.41, 5.74) is 1.76. The van der Waals surface area contributed by atoms with Crippen molar-refractivity contribution in [3.05, 3.63) is 59.8 Å². The van der Waals surface area contributed by atoms with E-state index < -0.39 is 15.8 Å². The predicted molar refractivity (Wildman–Crippen MR) is 114 cm³/mol. The number of aromatic nitrogens is 1. The molecular weight excluding hydrogens is 418 g/mol. The summed E-state index contributed by atoms with van der Waals surface area (Å²) in [5, 5.41) is 2.87. The van der Waals surface area contributed by atoms with Crippen LogP contribution in [-0.4, -0.2) is 54.2 Å². The summed E-state index contributed by atoms with van der Waals surface area (Å²) in [6.45, 7) is 0.865. The fourth-order valence-corrected chi connectivity index (χ4v) is 5.75. The van der Waals surface area contributed by atoms with E-state index >= 15 is 0 Å². The third-order valence-electron chi connectivity index (χ3n) is 5.70. The van der Waals surface area contributed by atoms with Gasteiger partial charge in [-0.2, -0.15) is 0 Å². The molecule has 2 atom stereocenters. The lowest BCUT2D eigenvalue weighted by molar-refractivity contribution is -0.130. The van der Waals surface area contributed by atoms with Gasteiger partial charge in [0.1, 0.15) is 6.61 Å². The number of hydrogen-bond donors (Lipinski definition) is 1. The second-order valence-electron chi connectivity index (χ2n) is 7.96. The average molecular weight is 444 g/mol. The van der Waals surface area contributed by atoms with Crippen LogP contribution in [-0.2, 0) is 32.6 Å². The maximum absolute atomic E-state index is 12.7. The Labute approximate surface area is 181 Å². The zero-order valence-electron chi connectivity index (χ0n) is 17.1. The van der Waals surface area contributed by atoms with Crippen LogP contribution in [0, 0.1) is 5.92 Å². The minimum Gasteiger partial charge on any atom is -0.473 e. The topological polar surface area (TPSA) is 106 Å². The Morgan fingerprint density at radius 3 is 2.74 bits per heavy atom. The van der Waals surface area contributed by atoms with Gasteiger partial charge in [0, 0.05) is 37.3 Å². The van der Waals surface area contributed by atoms with Crippen molar-refractivity contribution in [1.29, 1.82) is 0 Å². The number of nitrogens with one attached hydrogen (secondary N) is 1. The summed E-state index contributed by atoms with van der Waals surface area (Å²) in [6.07, 6.45) is 2.18. The molecule has 0 aliphatic carbocycles. The molecule has 2 aliphatic rings. The third-order valence-corrected chi connectivity index (χ3v) is 7.45. The van der Waals surface area contributed by atoms with Gasteiger partial charge in [-0.25, -0.2) is 13.4 Å². The molecule has 8 nitrogen and oxygen atoms in total. The highest BCUT2D eigenvalue weighted by Gasteiger charge is 2.41. The summed E-state index contributed by atoms with van der Waals surface area (Å²) in [7, 11) is -3.09. The zero-order chi connectivity index (χ0) is 21.8. The first-order valence-electron chi connectivity index (χ1n) is 10.3. The highest BCUT2D eigenvalue weighted by atomic mass is 32.2. The van der Waals surface area contributed by atoms with Crippen LogP contribution in [0.25, 0.3) is 0 Å². The summed E-state index contributed by atoms with van der Waals surface area (Å²) in [4.78, 5) is 30.9. The van der Waals surface area contributed by atoms with Gasteiger partial charge in [-0.15, -0.1) is 0 Å². The van der Waals surface area contributed by atoms with Gasteiger partial charge in [-0.1, -0.05) is 36.4 Å². The second-order valence-corrected chi connectivity index (χ2v) is 10.2. The number of carbonyl (C=O) groups is 2. The van der Waals surface area contributed by atoms with Gasteiger partial charge in [0.2, 0.25) is 17.7 Å². The van der Waals surface area contributed by atoms with Gasteiger partial charge in [0.25, 0.3) is 0 Å². The number of carbonyl (C=O) groups excluding carboxylic acids is 2. The van der Waals surface area contributed by atoms with Gasteiger partial charge in [-0.3, -0.25) is 9.59 Å². The molecule has 4 rings (SSSR count). The summed E-state index contributed by atoms with van der Waals surface area (Å²) in [6, 6.07) is 13.0. The SMILES string of the molecule is O=C(NCc1cccnc1OCc1ccccc1)[C@H]1CC(=O)N([C@@H]2CCS(=O)(=O)C2)C1. The molecule has 2 aliphatic heterocycles. The van der Waals surface area contributed by atoms with Gasteiger partial charge in [0.15, 0.2) is 9.84 Å². The third kappa shape index (κ3) is 5.22. The van der Waals surface area contributed by atoms with Crippen molar-refractivity contribution in [1.82, 2.24) is 15.2 Å². The number of ether oxygens (including phenoxy) is 1. The quantitative estimate of drug-likeness (QED) is 0.692. The molecule has 0 bridgehead atoms. The monoisotopic (exact) mass is 443 g/mol. The molecule has 31 heavy (non-hydrogen) atoms. The van der Waals surface area contributed by atoms with E-state index in [0.717, 1.165) is 11.1 Å². The fourth-order valence-electron chi connectivity index (χ4n) is 4.02. The predicted octanol–water partition coefficient (Wildman–Crippen LogP) is 1.31. The second kappa shape index (κ2) is 9.05. The van der Waals surface area contributed by atoms with Crippen molar-refractivity contribution in [2.45, 2.75) is 32.0 Å². The molecule has 9 heteroatoms. The van der Waals surface area contributed by atoms with Crippen LogP contribution in [0.4, 0.5) is 0 Å². The van der Waals surface area contributed by atoms with E-state index in [9.17, 15) is 18.0 Å². The first-order chi connectivity index (χ1) is 14.9. The van der Waals surface area contributed by atoms with Crippen molar-refractivity contribution in [3.63, 3.8) is 0 Å². The maximum Gasteiger partial charge on any atom is 0.225 e. The van der Waals surface area contributed by atoms with Gasteiger partial charge < -0.3 is 15.0 Å². The van der Waals surface area contributed by atoms with Crippen molar-refractivity contribution in [2.75, 3.05) is 18.1 Å². The molecule has 2 saturated heterocycles. The number of benzene rings is 1. The highest BCUT2D eigenvalue weighted by molar-refractivity contribution is 7.91. The van der Waals surface area contributed by atoms with E-state index in [-0.39, 0.29) is 48.9 Å². The molecular formula is C22H25N3O5S. The molecule has 164 valence electrons. The lowest BCUT2D eigenvalue weighted by atomic mass is 10.1. The fraction of sp³-hybridized carbons (Fsp3) is 0.409. The van der Waals surface area contributed by atoms with E-state index in [4.69, 9.17) is 4.74 Å². The number of sulfone groups is 1. The molecule has 0 unspecified atom stereocenters. The van der Waals surface area contributed by atoms with Crippen molar-refractivity contribution >= 4 is 21.7 Å². The van der Waals surface area contributed by atoms with Crippen LogP contribution >= 0.6 is 0 Å². The Morgan fingerprint density at radius 2 is 2.00 bits per heavy atom. The van der Waals surface area contributed by atoms with Crippen LogP contribution in [0.2, 0.25) is 0 Å². The minimum atomic E-state index is -3.09. The first-order valence-corrected chi connectivity index (χ1v) is 12.1. The van der Waals surface area contributed by atoms with Gasteiger partial charge in [0.05, 0.1) is 17.4 Å². The van der Waals surface area contributed by atoms with E-state index in [1.165, 1.54) is 0 Å². The number of likely N-dealkylation sites (tertiary alicyclic amines) is 1. The lowest BCUT2D eigenvalue weighted by Crippen LogP contribution is -2.39. The largest absolute Gasteiger partial charge is 0.473 e. The number of nitrogens with zero attached hydrogens (tertiary/aromatic N) is 2.